The summed E-state index contributed by atoms with van der Waals surface area (Å²) in [7, 11) is -9.64. The van der Waals surface area contributed by atoms with Gasteiger partial charge in [0, 0.05) is 48.9 Å². The first-order chi connectivity index (χ1) is 28.8. The number of benzene rings is 4. The fraction of sp³-hybridized carbons (Fsp3) is 0.200. The first kappa shape index (κ1) is 42.9. The van der Waals surface area contributed by atoms with Crippen LogP contribution in [-0.4, -0.2) is 82.0 Å². The molecule has 6 N–H and O–H groups in total. The second-order valence-corrected chi connectivity index (χ2v) is 15.7. The van der Waals surface area contributed by atoms with Crippen LogP contribution in [0.1, 0.15) is 38.8 Å². The van der Waals surface area contributed by atoms with E-state index in [2.05, 4.69) is 51.2 Å². The van der Waals surface area contributed by atoms with Crippen LogP contribution in [0.25, 0.3) is 12.2 Å². The van der Waals surface area contributed by atoms with Crippen molar-refractivity contribution in [2.24, 2.45) is 0 Å². The van der Waals surface area contributed by atoms with Gasteiger partial charge >= 0.3 is 0 Å². The molecule has 0 aliphatic rings. The largest absolute Gasteiger partial charge is 0.341 e. The van der Waals surface area contributed by atoms with E-state index in [1.807, 2.05) is 98.2 Å². The Bertz CT molecular complexity index is 2500. The topological polar surface area (TPSA) is 241 Å². The van der Waals surface area contributed by atoms with E-state index in [1.165, 1.54) is 36.4 Å². The van der Waals surface area contributed by atoms with Gasteiger partial charge in [-0.05, 0) is 87.4 Å². The van der Waals surface area contributed by atoms with Crippen LogP contribution in [0.4, 0.5) is 58.4 Å². The van der Waals surface area contributed by atoms with E-state index in [0.29, 0.717) is 38.1 Å². The van der Waals surface area contributed by atoms with Gasteiger partial charge in [-0.15, -0.1) is 0 Å². The molecule has 2 heterocycles. The lowest BCUT2D eigenvalue weighted by molar-refractivity contribution is 0.480. The average Bonchev–Trinajstić information content (AvgIpc) is 3.21. The van der Waals surface area contributed by atoms with Gasteiger partial charge in [0.15, 0.2) is 0 Å². The third-order valence-corrected chi connectivity index (χ3v) is 10.8. The molecule has 6 rings (SSSR count). The number of hydrogen-bond donors (Lipinski definition) is 6. The second kappa shape index (κ2) is 18.9. The Kier molecular flexibility index (Phi) is 13.5. The smallest absolute Gasteiger partial charge is 0.295 e. The van der Waals surface area contributed by atoms with E-state index >= 15 is 0 Å². The second-order valence-electron chi connectivity index (χ2n) is 12.9. The van der Waals surface area contributed by atoms with Crippen LogP contribution in [0, 0.1) is 0 Å². The molecule has 0 bridgehead atoms. The quantitative estimate of drug-likeness (QED) is 0.0365. The van der Waals surface area contributed by atoms with E-state index in [9.17, 15) is 25.9 Å². The fourth-order valence-corrected chi connectivity index (χ4v) is 7.35. The third kappa shape index (κ3) is 11.0. The first-order valence-electron chi connectivity index (χ1n) is 18.9. The van der Waals surface area contributed by atoms with Crippen molar-refractivity contribution in [3.05, 3.63) is 108 Å². The van der Waals surface area contributed by atoms with Crippen LogP contribution < -0.4 is 31.1 Å². The summed E-state index contributed by atoms with van der Waals surface area (Å²) in [6, 6.07) is 26.9. The van der Waals surface area contributed by atoms with Crippen molar-refractivity contribution in [1.82, 2.24) is 29.9 Å². The highest BCUT2D eigenvalue weighted by molar-refractivity contribution is 7.86. The summed E-state index contributed by atoms with van der Waals surface area (Å²) in [5.41, 5.74) is 1.97. The number of anilines is 10. The minimum atomic E-state index is -4.82. The Labute approximate surface area is 348 Å². The summed E-state index contributed by atoms with van der Waals surface area (Å²) in [5.74, 6) is 1.45. The van der Waals surface area contributed by atoms with E-state index in [1.54, 1.807) is 12.1 Å². The molecule has 0 unspecified atom stereocenters. The molecule has 0 saturated heterocycles. The minimum Gasteiger partial charge on any atom is -0.341 e. The van der Waals surface area contributed by atoms with Crippen molar-refractivity contribution < 1.29 is 25.9 Å². The number of aromatic nitrogens is 6. The van der Waals surface area contributed by atoms with Gasteiger partial charge in [-0.2, -0.15) is 46.7 Å². The lowest BCUT2D eigenvalue weighted by Crippen LogP contribution is -2.25. The monoisotopic (exact) mass is 852 g/mol. The molecule has 312 valence electrons. The molecule has 0 aliphatic heterocycles. The molecule has 0 radical (unpaired) electrons. The summed E-state index contributed by atoms with van der Waals surface area (Å²) in [4.78, 5) is 30.0. The van der Waals surface area contributed by atoms with Gasteiger partial charge in [0.25, 0.3) is 20.2 Å². The Balaban J connectivity index is 1.30. The van der Waals surface area contributed by atoms with Crippen LogP contribution in [0.2, 0.25) is 0 Å². The van der Waals surface area contributed by atoms with Crippen LogP contribution in [0.15, 0.2) is 107 Å². The normalized spacial score (nSPS) is 11.6. The van der Waals surface area contributed by atoms with Crippen molar-refractivity contribution in [1.29, 1.82) is 0 Å². The number of para-hydroxylation sites is 2. The summed E-state index contributed by atoms with van der Waals surface area (Å²) in [6.07, 6.45) is 2.61. The van der Waals surface area contributed by atoms with E-state index < -0.39 is 30.0 Å². The van der Waals surface area contributed by atoms with Crippen LogP contribution in [0.3, 0.4) is 0 Å². The Morgan fingerprint density at radius 3 is 1.08 bits per heavy atom. The lowest BCUT2D eigenvalue weighted by Gasteiger charge is -2.20. The highest BCUT2D eigenvalue weighted by Crippen LogP contribution is 2.29. The van der Waals surface area contributed by atoms with Crippen molar-refractivity contribution in [3.8, 4) is 0 Å². The maximum Gasteiger partial charge on any atom is 0.295 e. The van der Waals surface area contributed by atoms with Gasteiger partial charge in [0.05, 0.1) is 0 Å². The van der Waals surface area contributed by atoms with Crippen molar-refractivity contribution >= 4 is 90.8 Å². The lowest BCUT2D eigenvalue weighted by atomic mass is 10.1. The number of nitrogens with zero attached hydrogens (tertiary/aromatic N) is 8. The first-order valence-corrected chi connectivity index (χ1v) is 21.8. The zero-order chi connectivity index (χ0) is 42.9. The van der Waals surface area contributed by atoms with Crippen LogP contribution >= 0.6 is 0 Å². The van der Waals surface area contributed by atoms with Gasteiger partial charge in [-0.3, -0.25) is 9.11 Å². The molecular weight excluding hydrogens is 809 g/mol. The SMILES string of the molecule is CCN(CC)c1nc(Nc2ccccc2)nc(Nc2ccc(C=Cc3ccc(Nc4nc(Nc5ccccc5)nc(N(CC)CC)n4)cc3S(=O)(=O)O)c(S(=O)(=O)O)c2)n1. The van der Waals surface area contributed by atoms with Crippen molar-refractivity contribution in [3.63, 3.8) is 0 Å². The average molecular weight is 853 g/mol. The molecule has 0 fully saturated rings. The van der Waals surface area contributed by atoms with Gasteiger partial charge in [-0.1, -0.05) is 60.7 Å². The van der Waals surface area contributed by atoms with Crippen molar-refractivity contribution in [2.75, 3.05) is 57.2 Å². The minimum absolute atomic E-state index is 0.0185. The molecule has 60 heavy (non-hydrogen) atoms. The fourth-order valence-electron chi connectivity index (χ4n) is 5.93. The Morgan fingerprint density at radius 1 is 0.467 bits per heavy atom. The molecule has 6 aromatic rings. The molecule has 0 spiro atoms. The summed E-state index contributed by atoms with van der Waals surface area (Å²) >= 11 is 0. The molecule has 0 aliphatic carbocycles. The zero-order valence-electron chi connectivity index (χ0n) is 33.1. The maximum absolute atomic E-state index is 12.7. The van der Waals surface area contributed by atoms with Gasteiger partial charge in [0.2, 0.25) is 35.7 Å². The highest BCUT2D eigenvalue weighted by atomic mass is 32.2. The summed E-state index contributed by atoms with van der Waals surface area (Å²) in [6.45, 7) is 10.3. The predicted molar refractivity (Wildman–Crippen MR) is 234 cm³/mol. The van der Waals surface area contributed by atoms with E-state index in [-0.39, 0.29) is 46.3 Å². The van der Waals surface area contributed by atoms with Gasteiger partial charge < -0.3 is 31.1 Å². The Hall–Kier alpha value is -6.74. The molecule has 4 aromatic carbocycles. The molecule has 18 nitrogen and oxygen atoms in total. The van der Waals surface area contributed by atoms with Crippen LogP contribution in [-0.2, 0) is 20.2 Å². The van der Waals surface area contributed by atoms with Gasteiger partial charge in [-0.25, -0.2) is 0 Å². The molecule has 20 heteroatoms. The van der Waals surface area contributed by atoms with Crippen LogP contribution in [0.5, 0.6) is 0 Å². The number of nitrogens with one attached hydrogen (secondary N) is 4. The third-order valence-electron chi connectivity index (χ3n) is 8.94. The summed E-state index contributed by atoms with van der Waals surface area (Å²) in [5, 5.41) is 12.3. The van der Waals surface area contributed by atoms with Gasteiger partial charge in [0.1, 0.15) is 9.79 Å². The summed E-state index contributed by atoms with van der Waals surface area (Å²) < 4.78 is 71.3. The van der Waals surface area contributed by atoms with E-state index in [0.717, 1.165) is 11.4 Å². The molecule has 0 amide bonds. The number of hydrogen-bond acceptors (Lipinski definition) is 16. The zero-order valence-corrected chi connectivity index (χ0v) is 34.8. The van der Waals surface area contributed by atoms with E-state index in [4.69, 9.17) is 0 Å². The maximum atomic E-state index is 12.7. The van der Waals surface area contributed by atoms with Crippen molar-refractivity contribution in [2.45, 2.75) is 37.5 Å². The predicted octanol–water partition coefficient (Wildman–Crippen LogP) is 7.39. The molecule has 2 aromatic heterocycles. The Morgan fingerprint density at radius 2 is 0.783 bits per heavy atom. The molecular formula is C40H44N12O6S2. The molecule has 0 atom stereocenters. The standard InChI is InChI=1S/C40H44N12O6S2/c1-5-51(6-2)39-47-35(41-29-15-11-9-12-16-29)45-37(49-39)43-31-23-21-27(33(25-31)59(53,54)55)19-20-28-22-24-32(26-34(28)60(56,57)58)44-38-46-36(42-30-17-13-10-14-18-30)48-40(50-38)52(7-3)8-4/h9-26H,5-8H2,1-4H3,(H,53,54,55)(H,56,57,58)(H2,41,43,45,47,49)(H2,42,44,46,48,50). The number of rotatable bonds is 18. The molecule has 0 saturated carbocycles. The highest BCUT2D eigenvalue weighted by Gasteiger charge is 2.20.